The first-order valence-corrected chi connectivity index (χ1v) is 9.89. The summed E-state index contributed by atoms with van der Waals surface area (Å²) in [6, 6.07) is 5.72. The molecule has 0 saturated heterocycles. The van der Waals surface area contributed by atoms with Gasteiger partial charge >= 0.3 is 0 Å². The standard InChI is InChI=1S/C17H25FN2O3S/c1-13-3-9-16(10-4-13)19-24(22,23)12-17(21)20(2)11-14-5-7-15(18)8-6-14/h5-8,13,16,19H,3-4,9-12H2,1-2H3. The molecule has 0 spiro atoms. The number of carbonyl (C=O) groups excluding carboxylic acids is 1. The molecule has 24 heavy (non-hydrogen) atoms. The van der Waals surface area contributed by atoms with Gasteiger partial charge in [0.1, 0.15) is 11.6 Å². The van der Waals surface area contributed by atoms with Crippen LogP contribution in [0.15, 0.2) is 24.3 Å². The fourth-order valence-electron chi connectivity index (χ4n) is 2.90. The van der Waals surface area contributed by atoms with Crippen molar-refractivity contribution in [1.82, 2.24) is 9.62 Å². The summed E-state index contributed by atoms with van der Waals surface area (Å²) in [5.41, 5.74) is 0.749. The lowest BCUT2D eigenvalue weighted by molar-refractivity contribution is -0.127. The van der Waals surface area contributed by atoms with E-state index in [1.54, 1.807) is 19.2 Å². The van der Waals surface area contributed by atoms with E-state index in [0.29, 0.717) is 5.92 Å². The predicted molar refractivity (Wildman–Crippen MR) is 91.2 cm³/mol. The molecule has 0 unspecified atom stereocenters. The Morgan fingerprint density at radius 2 is 1.79 bits per heavy atom. The number of amides is 1. The van der Waals surface area contributed by atoms with Crippen LogP contribution in [0.2, 0.25) is 0 Å². The van der Waals surface area contributed by atoms with E-state index in [9.17, 15) is 17.6 Å². The van der Waals surface area contributed by atoms with E-state index >= 15 is 0 Å². The molecule has 134 valence electrons. The van der Waals surface area contributed by atoms with Crippen LogP contribution in [0.1, 0.15) is 38.2 Å². The molecule has 1 aliphatic rings. The van der Waals surface area contributed by atoms with Crippen molar-refractivity contribution in [2.24, 2.45) is 5.92 Å². The third kappa shape index (κ3) is 5.87. The number of hydrogen-bond acceptors (Lipinski definition) is 3. The van der Waals surface area contributed by atoms with E-state index in [-0.39, 0.29) is 18.4 Å². The fraction of sp³-hybridized carbons (Fsp3) is 0.588. The van der Waals surface area contributed by atoms with Gasteiger partial charge in [-0.3, -0.25) is 4.79 Å². The monoisotopic (exact) mass is 356 g/mol. The second-order valence-corrected chi connectivity index (χ2v) is 8.46. The van der Waals surface area contributed by atoms with Crippen LogP contribution in [0.25, 0.3) is 0 Å². The van der Waals surface area contributed by atoms with Crippen molar-refractivity contribution in [3.8, 4) is 0 Å². The van der Waals surface area contributed by atoms with E-state index in [2.05, 4.69) is 11.6 Å². The van der Waals surface area contributed by atoms with E-state index in [0.717, 1.165) is 31.2 Å². The minimum atomic E-state index is -3.64. The van der Waals surface area contributed by atoms with Crippen LogP contribution in [0.4, 0.5) is 4.39 Å². The van der Waals surface area contributed by atoms with Crippen molar-refractivity contribution in [3.63, 3.8) is 0 Å². The van der Waals surface area contributed by atoms with E-state index < -0.39 is 21.7 Å². The molecule has 0 bridgehead atoms. The van der Waals surface area contributed by atoms with Crippen LogP contribution < -0.4 is 4.72 Å². The molecule has 2 rings (SSSR count). The Balaban J connectivity index is 1.86. The maximum atomic E-state index is 12.9. The molecule has 1 N–H and O–H groups in total. The summed E-state index contributed by atoms with van der Waals surface area (Å²) in [5.74, 6) is -0.747. The zero-order valence-corrected chi connectivity index (χ0v) is 15.0. The van der Waals surface area contributed by atoms with Gasteiger partial charge in [0.25, 0.3) is 0 Å². The fourth-order valence-corrected chi connectivity index (χ4v) is 4.27. The smallest absolute Gasteiger partial charge is 0.239 e. The Morgan fingerprint density at radius 3 is 2.38 bits per heavy atom. The Labute approximate surface area is 143 Å². The lowest BCUT2D eigenvalue weighted by Crippen LogP contribution is -2.42. The highest BCUT2D eigenvalue weighted by Crippen LogP contribution is 2.23. The van der Waals surface area contributed by atoms with Gasteiger partial charge < -0.3 is 4.90 Å². The molecule has 0 heterocycles. The van der Waals surface area contributed by atoms with Crippen LogP contribution in [-0.4, -0.2) is 38.1 Å². The molecule has 0 aliphatic heterocycles. The van der Waals surface area contributed by atoms with Crippen LogP contribution in [-0.2, 0) is 21.4 Å². The van der Waals surface area contributed by atoms with Crippen LogP contribution in [0.3, 0.4) is 0 Å². The van der Waals surface area contributed by atoms with Gasteiger partial charge in [-0.25, -0.2) is 17.5 Å². The molecule has 1 aromatic rings. The largest absolute Gasteiger partial charge is 0.341 e. The maximum absolute atomic E-state index is 12.9. The van der Waals surface area contributed by atoms with Gasteiger partial charge in [0.15, 0.2) is 0 Å². The molecule has 1 amide bonds. The summed E-state index contributed by atoms with van der Waals surface area (Å²) in [4.78, 5) is 13.5. The summed E-state index contributed by atoms with van der Waals surface area (Å²) in [6.07, 6.45) is 3.65. The number of sulfonamides is 1. The van der Waals surface area contributed by atoms with Crippen LogP contribution >= 0.6 is 0 Å². The highest BCUT2D eigenvalue weighted by molar-refractivity contribution is 7.90. The second-order valence-electron chi connectivity index (χ2n) is 6.71. The zero-order chi connectivity index (χ0) is 17.7. The molecule has 0 radical (unpaired) electrons. The number of rotatable bonds is 6. The molecular weight excluding hydrogens is 331 g/mol. The SMILES string of the molecule is CC1CCC(NS(=O)(=O)CC(=O)N(C)Cc2ccc(F)cc2)CC1. The van der Waals surface area contributed by atoms with Crippen molar-refractivity contribution in [3.05, 3.63) is 35.6 Å². The highest BCUT2D eigenvalue weighted by atomic mass is 32.2. The second kappa shape index (κ2) is 8.07. The zero-order valence-electron chi connectivity index (χ0n) is 14.2. The first-order valence-electron chi connectivity index (χ1n) is 8.23. The molecular formula is C17H25FN2O3S. The predicted octanol–water partition coefficient (Wildman–Crippen LogP) is 2.28. The van der Waals surface area contributed by atoms with Crippen LogP contribution in [0, 0.1) is 11.7 Å². The van der Waals surface area contributed by atoms with Gasteiger partial charge in [0, 0.05) is 19.6 Å². The third-order valence-corrected chi connectivity index (χ3v) is 5.75. The number of carbonyl (C=O) groups is 1. The van der Waals surface area contributed by atoms with Crippen molar-refractivity contribution in [1.29, 1.82) is 0 Å². The van der Waals surface area contributed by atoms with Gasteiger partial charge in [0.2, 0.25) is 15.9 Å². The van der Waals surface area contributed by atoms with Gasteiger partial charge in [-0.1, -0.05) is 19.1 Å². The first-order chi connectivity index (χ1) is 11.2. The average molecular weight is 356 g/mol. The number of halogens is 1. The molecule has 1 saturated carbocycles. The number of hydrogen-bond donors (Lipinski definition) is 1. The number of nitrogens with zero attached hydrogens (tertiary/aromatic N) is 1. The van der Waals surface area contributed by atoms with Crippen molar-refractivity contribution in [2.45, 2.75) is 45.2 Å². The molecule has 0 aromatic heterocycles. The Kier molecular flexibility index (Phi) is 6.34. The lowest BCUT2D eigenvalue weighted by atomic mass is 9.88. The van der Waals surface area contributed by atoms with Gasteiger partial charge in [-0.2, -0.15) is 0 Å². The quantitative estimate of drug-likeness (QED) is 0.850. The number of nitrogens with one attached hydrogen (secondary N) is 1. The molecule has 0 atom stereocenters. The minimum Gasteiger partial charge on any atom is -0.341 e. The van der Waals surface area contributed by atoms with Crippen LogP contribution in [0.5, 0.6) is 0 Å². The van der Waals surface area contributed by atoms with Gasteiger partial charge in [-0.15, -0.1) is 0 Å². The summed E-state index contributed by atoms with van der Waals surface area (Å²) >= 11 is 0. The van der Waals surface area contributed by atoms with Gasteiger partial charge in [0.05, 0.1) is 0 Å². The highest BCUT2D eigenvalue weighted by Gasteiger charge is 2.25. The topological polar surface area (TPSA) is 66.5 Å². The van der Waals surface area contributed by atoms with E-state index in [1.807, 2.05) is 0 Å². The van der Waals surface area contributed by atoms with E-state index in [4.69, 9.17) is 0 Å². The Hall–Kier alpha value is -1.47. The molecule has 1 aliphatic carbocycles. The molecule has 1 aromatic carbocycles. The summed E-state index contributed by atoms with van der Waals surface area (Å²) in [7, 11) is -2.10. The maximum Gasteiger partial charge on any atom is 0.239 e. The van der Waals surface area contributed by atoms with Crippen molar-refractivity contribution >= 4 is 15.9 Å². The summed E-state index contributed by atoms with van der Waals surface area (Å²) in [6.45, 7) is 2.41. The average Bonchev–Trinajstić information content (AvgIpc) is 2.51. The van der Waals surface area contributed by atoms with Crippen molar-refractivity contribution < 1.29 is 17.6 Å². The lowest BCUT2D eigenvalue weighted by Gasteiger charge is -2.27. The normalized spacial score (nSPS) is 21.5. The summed E-state index contributed by atoms with van der Waals surface area (Å²) < 4.78 is 39.9. The number of benzene rings is 1. The van der Waals surface area contributed by atoms with Crippen molar-refractivity contribution in [2.75, 3.05) is 12.8 Å². The minimum absolute atomic E-state index is 0.0681. The van der Waals surface area contributed by atoms with Gasteiger partial charge in [-0.05, 0) is 49.3 Å². The third-order valence-electron chi connectivity index (χ3n) is 4.43. The Bertz CT molecular complexity index is 653. The van der Waals surface area contributed by atoms with E-state index in [1.165, 1.54) is 17.0 Å². The molecule has 5 nitrogen and oxygen atoms in total. The first kappa shape index (κ1) is 18.9. The molecule has 7 heteroatoms. The Morgan fingerprint density at radius 1 is 1.21 bits per heavy atom. The summed E-state index contributed by atoms with van der Waals surface area (Å²) in [5, 5.41) is 0. The molecule has 1 fully saturated rings.